The number of carbonyl (C=O) groups is 16. The van der Waals surface area contributed by atoms with Crippen LogP contribution in [-0.2, 0) is 71.9 Å². The maximum absolute atomic E-state index is 14.4. The molecule has 17 amide bonds. The maximum atomic E-state index is 14.4. The minimum atomic E-state index is -1.67. The number of piperidine rings is 3. The number of hydrogen-bond acceptors (Lipinski definition) is 17. The molecule has 34 heteroatoms. The predicted molar refractivity (Wildman–Crippen MR) is 418 cm³/mol. The molecule has 0 aromatic rings. The molecule has 0 radical (unpaired) electrons. The third-order valence-corrected chi connectivity index (χ3v) is 21.0. The van der Waals surface area contributed by atoms with Crippen molar-refractivity contribution in [2.75, 3.05) is 58.9 Å². The van der Waals surface area contributed by atoms with Gasteiger partial charge < -0.3 is 78.5 Å². The second-order valence-electron chi connectivity index (χ2n) is 35.4. The van der Waals surface area contributed by atoms with E-state index in [4.69, 9.17) is 0 Å². The number of likely N-dealkylation sites (tertiary alicyclic amines) is 3. The van der Waals surface area contributed by atoms with E-state index in [0.717, 1.165) is 51.7 Å². The van der Waals surface area contributed by atoms with Crippen LogP contribution in [0.2, 0.25) is 0 Å². The van der Waals surface area contributed by atoms with Crippen molar-refractivity contribution in [3.63, 3.8) is 0 Å². The molecule has 0 aromatic heterocycles. The van der Waals surface area contributed by atoms with Crippen molar-refractivity contribution in [1.29, 1.82) is 0 Å². The monoisotopic (exact) mass is 1580 g/mol. The van der Waals surface area contributed by atoms with Gasteiger partial charge in [-0.15, -0.1) is 0 Å². The van der Waals surface area contributed by atoms with Crippen molar-refractivity contribution in [3.05, 3.63) is 0 Å². The van der Waals surface area contributed by atoms with Gasteiger partial charge >= 0.3 is 6.03 Å². The predicted octanol–water partition coefficient (Wildman–Crippen LogP) is 0.858. The fourth-order valence-electron chi connectivity index (χ4n) is 14.7. The Balaban J connectivity index is 1.07. The molecule has 0 spiro atoms. The average molecular weight is 1580 g/mol. The van der Waals surface area contributed by atoms with Crippen LogP contribution in [0.25, 0.3) is 0 Å². The molecule has 3 fully saturated rings. The van der Waals surface area contributed by atoms with Gasteiger partial charge in [-0.3, -0.25) is 86.7 Å². The lowest BCUT2D eigenvalue weighted by Gasteiger charge is -2.42. The second kappa shape index (κ2) is 40.1. The Morgan fingerprint density at radius 3 is 1.36 bits per heavy atom. The van der Waals surface area contributed by atoms with Crippen LogP contribution >= 0.6 is 0 Å². The van der Waals surface area contributed by atoms with Crippen LogP contribution in [0.4, 0.5) is 4.79 Å². The molecule has 7 atom stereocenters. The summed E-state index contributed by atoms with van der Waals surface area (Å²) in [5.41, 5.74) is -9.74. The molecular weight excluding hydrogens is 1440 g/mol. The van der Waals surface area contributed by atoms with Gasteiger partial charge in [0, 0.05) is 45.9 Å². The standard InChI is InChI=1S/C78H132N18O16/c1-46(2)41-51(45-93-37-28-36-92-35-27-32-59(92)93)82-72(112)85-62(102)53(43-48(5)6)83-60(100)49(7)81-66(106)73(9,10)87-64(104)55-30-23-26-40-96(55)71(111)78(19,20)91-68(108)75(13,14)86-58(99)44-80-57(98)33-34-79-61(101)52(42-47(3)4)84-67(107)74(11,12)90-69(109)76(15,16)88-65(105)56-31-22-25-39-95(56)70(110)77(17,18)89-63(103)54-29-21-24-38-94(54)50(8)97/h46-49,51-56H,21-45H2,1-20H3,(H12-,79,80,81,82,83,84,85,86,87,88,89,90,91,98,99,100,101,102,103,104,105,106,107,108,109,112)/p+1. The number of amidine groups is 1. The van der Waals surface area contributed by atoms with Gasteiger partial charge in [0.05, 0.1) is 38.6 Å². The van der Waals surface area contributed by atoms with Crippen LogP contribution in [-0.4, -0.2) is 259 Å². The summed E-state index contributed by atoms with van der Waals surface area (Å²) in [4.78, 5) is 226. The Bertz CT molecular complexity index is 3510. The number of amides is 17. The van der Waals surface area contributed by atoms with Gasteiger partial charge in [0.2, 0.25) is 88.5 Å². The van der Waals surface area contributed by atoms with E-state index in [-0.39, 0.29) is 81.4 Å². The zero-order valence-corrected chi connectivity index (χ0v) is 70.2. The minimum absolute atomic E-state index is 0.0849. The molecule has 5 aliphatic rings. The highest BCUT2D eigenvalue weighted by Gasteiger charge is 2.48. The second-order valence-corrected chi connectivity index (χ2v) is 35.4. The summed E-state index contributed by atoms with van der Waals surface area (Å²) in [6.45, 7) is 35.1. The zero-order valence-electron chi connectivity index (χ0n) is 70.2. The summed E-state index contributed by atoms with van der Waals surface area (Å²) in [7, 11) is 0. The number of imide groups is 1. The highest BCUT2D eigenvalue weighted by Crippen LogP contribution is 2.27. The Morgan fingerprint density at radius 1 is 0.420 bits per heavy atom. The molecule has 3 saturated heterocycles. The molecule has 7 unspecified atom stereocenters. The molecule has 0 saturated carbocycles. The molecule has 630 valence electrons. The van der Waals surface area contributed by atoms with Gasteiger partial charge in [0.25, 0.3) is 5.91 Å². The topological polar surface area (TPSA) is 445 Å². The zero-order chi connectivity index (χ0) is 84.3. The molecule has 0 aliphatic carbocycles. The van der Waals surface area contributed by atoms with Crippen LogP contribution in [0.1, 0.15) is 241 Å². The van der Waals surface area contributed by atoms with E-state index in [1.165, 1.54) is 104 Å². The van der Waals surface area contributed by atoms with E-state index >= 15 is 0 Å². The largest absolute Gasteiger partial charge is 0.354 e. The van der Waals surface area contributed by atoms with Crippen molar-refractivity contribution in [2.24, 2.45) is 17.8 Å². The summed E-state index contributed by atoms with van der Waals surface area (Å²) in [5.74, 6) is -8.40. The quantitative estimate of drug-likeness (QED) is 0.0391. The van der Waals surface area contributed by atoms with Crippen LogP contribution in [0, 0.1) is 17.8 Å². The van der Waals surface area contributed by atoms with Crippen molar-refractivity contribution < 1.29 is 81.3 Å². The van der Waals surface area contributed by atoms with Crippen molar-refractivity contribution in [3.8, 4) is 0 Å². The van der Waals surface area contributed by atoms with Gasteiger partial charge in [0.1, 0.15) is 76.0 Å². The number of nitrogens with zero attached hydrogens (tertiary/aromatic N) is 5. The van der Waals surface area contributed by atoms with Gasteiger partial charge in [-0.1, -0.05) is 41.5 Å². The first-order chi connectivity index (χ1) is 51.9. The highest BCUT2D eigenvalue weighted by molar-refractivity contribution is 6.03. The first-order valence-corrected chi connectivity index (χ1v) is 40.2. The van der Waals surface area contributed by atoms with E-state index in [1.807, 2.05) is 27.7 Å². The van der Waals surface area contributed by atoms with E-state index in [0.29, 0.717) is 51.6 Å². The van der Waals surface area contributed by atoms with Gasteiger partial charge in [-0.05, 0) is 191 Å². The summed E-state index contributed by atoms with van der Waals surface area (Å²) in [6, 6.07) is -7.24. The van der Waals surface area contributed by atoms with Crippen LogP contribution in [0.3, 0.4) is 0 Å². The molecule has 5 rings (SSSR count). The lowest BCUT2D eigenvalue weighted by molar-refractivity contribution is -0.530. The summed E-state index contributed by atoms with van der Waals surface area (Å²) < 4.78 is 2.40. The van der Waals surface area contributed by atoms with E-state index in [9.17, 15) is 76.7 Å². The van der Waals surface area contributed by atoms with E-state index < -0.39 is 165 Å². The smallest absolute Gasteiger partial charge is 0.321 e. The minimum Gasteiger partial charge on any atom is -0.354 e. The third kappa shape index (κ3) is 27.1. The van der Waals surface area contributed by atoms with Gasteiger partial charge in [-0.2, -0.15) is 0 Å². The lowest BCUT2D eigenvalue weighted by atomic mass is 9.93. The summed E-state index contributed by atoms with van der Waals surface area (Å²) in [6.07, 6.45) is 8.48. The SMILES string of the molecule is CC(=O)N1CCCCC1C(=O)NC(C)(C)C(=O)N1CCCCC1C(=O)NC(C)(C)C(=O)NC(C)(C)C(=O)NC(CC(C)C)C(=O)NCCC(=O)NCC(=O)NC(C)(C)C(=O)NC(C)(C)C(=O)N1CCCCC1C(=O)NC(C)(C)C(=O)NC(C)C(=O)NC(CC(C)C)C(=O)NC(=O)NC(CC(C)C)CN1CCC[N+]2=C1CCC2. The average Bonchev–Trinajstić information content (AvgIpc) is 0.916. The maximum Gasteiger partial charge on any atom is 0.321 e. The van der Waals surface area contributed by atoms with Crippen molar-refractivity contribution >= 4 is 100 Å². The fraction of sp³-hybridized carbons (Fsp3) is 0.782. The normalized spacial score (nSPS) is 19.0. The van der Waals surface area contributed by atoms with Crippen molar-refractivity contribution in [1.82, 2.24) is 88.7 Å². The van der Waals surface area contributed by atoms with Crippen LogP contribution in [0.5, 0.6) is 0 Å². The first-order valence-electron chi connectivity index (χ1n) is 40.2. The molecule has 5 aliphatic heterocycles. The van der Waals surface area contributed by atoms with Crippen LogP contribution in [0.15, 0.2) is 0 Å². The molecule has 0 bridgehead atoms. The Labute approximate surface area is 661 Å². The van der Waals surface area contributed by atoms with Crippen molar-refractivity contribution in [2.45, 2.75) is 317 Å². The van der Waals surface area contributed by atoms with E-state index in [1.54, 1.807) is 13.8 Å². The number of nitrogens with one attached hydrogen (secondary N) is 13. The molecule has 112 heavy (non-hydrogen) atoms. The van der Waals surface area contributed by atoms with Gasteiger partial charge in [-0.25, -0.2) is 4.79 Å². The van der Waals surface area contributed by atoms with E-state index in [2.05, 4.69) is 92.4 Å². The Morgan fingerprint density at radius 2 is 0.848 bits per heavy atom. The number of urea groups is 1. The number of rotatable bonds is 35. The number of carbonyl (C=O) groups excluding carboxylic acids is 16. The first kappa shape index (κ1) is 93.6. The molecule has 13 N–H and O–H groups in total. The number of hydrogen-bond donors (Lipinski definition) is 13. The van der Waals surface area contributed by atoms with Gasteiger partial charge in [0.15, 0.2) is 0 Å². The third-order valence-electron chi connectivity index (χ3n) is 21.0. The van der Waals surface area contributed by atoms with Crippen LogP contribution < -0.4 is 69.1 Å². The Kier molecular flexibility index (Phi) is 33.5. The fourth-order valence-corrected chi connectivity index (χ4v) is 14.7. The highest BCUT2D eigenvalue weighted by atomic mass is 16.2. The molecule has 34 nitrogen and oxygen atoms in total. The molecule has 5 heterocycles. The Hall–Kier alpha value is -9.01. The molecular formula is C78H133N18O16+. The summed E-state index contributed by atoms with van der Waals surface area (Å²) >= 11 is 0. The molecule has 0 aromatic carbocycles. The summed E-state index contributed by atoms with van der Waals surface area (Å²) in [5, 5.41) is 34.7. The lowest BCUT2D eigenvalue weighted by Crippen LogP contribution is -2.67.